The number of hydrogen-bond donors (Lipinski definition) is 1. The molecule has 0 aliphatic carbocycles. The minimum Gasteiger partial charge on any atom is -0.495 e. The van der Waals surface area contributed by atoms with E-state index in [9.17, 15) is 14.4 Å². The number of ether oxygens (including phenoxy) is 3. The first-order valence-corrected chi connectivity index (χ1v) is 10.1. The van der Waals surface area contributed by atoms with E-state index in [0.29, 0.717) is 28.5 Å². The zero-order chi connectivity index (χ0) is 23.8. The van der Waals surface area contributed by atoms with Gasteiger partial charge in [0.05, 0.1) is 19.9 Å². The second-order valence-corrected chi connectivity index (χ2v) is 7.15. The highest BCUT2D eigenvalue weighted by Crippen LogP contribution is 2.30. The zero-order valence-corrected chi connectivity index (χ0v) is 18.5. The van der Waals surface area contributed by atoms with E-state index in [1.165, 1.54) is 32.4 Å². The molecular formula is C26H23FN2O4. The second-order valence-electron chi connectivity index (χ2n) is 7.15. The summed E-state index contributed by atoms with van der Waals surface area (Å²) in [7, 11) is 3.00. The van der Waals surface area contributed by atoms with E-state index in [2.05, 4.69) is 5.32 Å². The molecule has 0 saturated heterocycles. The lowest BCUT2D eigenvalue weighted by Gasteiger charge is -2.12. The summed E-state index contributed by atoms with van der Waals surface area (Å²) in [6.45, 7) is 2.12. The lowest BCUT2D eigenvalue weighted by Crippen LogP contribution is -2.14. The van der Waals surface area contributed by atoms with Crippen LogP contribution < -0.4 is 19.5 Å². The molecule has 3 aromatic carbocycles. The van der Waals surface area contributed by atoms with Crippen molar-refractivity contribution in [2.24, 2.45) is 0 Å². The molecule has 0 aromatic heterocycles. The number of hydrogen-bond acceptors (Lipinski definition) is 5. The molecule has 0 spiro atoms. The van der Waals surface area contributed by atoms with Gasteiger partial charge in [0.25, 0.3) is 5.91 Å². The Kier molecular flexibility index (Phi) is 7.66. The molecule has 168 valence electrons. The summed E-state index contributed by atoms with van der Waals surface area (Å²) in [6.07, 6.45) is 1.46. The van der Waals surface area contributed by atoms with Crippen molar-refractivity contribution in [2.75, 3.05) is 19.5 Å². The van der Waals surface area contributed by atoms with Crippen LogP contribution in [-0.2, 0) is 11.4 Å². The van der Waals surface area contributed by atoms with Gasteiger partial charge in [0, 0.05) is 0 Å². The molecule has 7 heteroatoms. The first-order valence-electron chi connectivity index (χ1n) is 10.1. The number of anilines is 1. The van der Waals surface area contributed by atoms with Crippen LogP contribution in [0.2, 0.25) is 0 Å². The Morgan fingerprint density at radius 3 is 2.36 bits per heavy atom. The van der Waals surface area contributed by atoms with Crippen LogP contribution in [-0.4, -0.2) is 20.1 Å². The Morgan fingerprint density at radius 1 is 1.00 bits per heavy atom. The number of rotatable bonds is 8. The van der Waals surface area contributed by atoms with Crippen LogP contribution in [0.25, 0.3) is 6.08 Å². The Labute approximate surface area is 191 Å². The lowest BCUT2D eigenvalue weighted by atomic mass is 10.1. The van der Waals surface area contributed by atoms with E-state index in [0.717, 1.165) is 11.1 Å². The molecule has 0 heterocycles. The Morgan fingerprint density at radius 2 is 1.70 bits per heavy atom. The molecule has 0 aliphatic rings. The standard InChI is InChI=1S/C26H23FN2O4/c1-17-4-10-23(31-2)22(12-17)29-26(30)20(15-28)13-19-7-11-24(25(14-19)32-3)33-16-18-5-8-21(27)9-6-18/h4-14H,16H2,1-3H3,(H,29,30)/b20-13+. The number of aryl methyl sites for hydroxylation is 1. The number of carbonyl (C=O) groups is 1. The third-order valence-corrected chi connectivity index (χ3v) is 4.77. The third-order valence-electron chi connectivity index (χ3n) is 4.77. The van der Waals surface area contributed by atoms with Crippen LogP contribution in [0, 0.1) is 24.1 Å². The van der Waals surface area contributed by atoms with Gasteiger partial charge in [0.1, 0.15) is 29.8 Å². The number of amides is 1. The van der Waals surface area contributed by atoms with Crippen LogP contribution in [0.1, 0.15) is 16.7 Å². The number of halogens is 1. The smallest absolute Gasteiger partial charge is 0.266 e. The molecule has 0 bridgehead atoms. The average Bonchev–Trinajstić information content (AvgIpc) is 2.82. The quantitative estimate of drug-likeness (QED) is 0.376. The van der Waals surface area contributed by atoms with Crippen molar-refractivity contribution >= 4 is 17.7 Å². The van der Waals surface area contributed by atoms with Crippen LogP contribution in [0.15, 0.2) is 66.2 Å². The van der Waals surface area contributed by atoms with E-state index < -0.39 is 5.91 Å². The Hall–Kier alpha value is -4.31. The molecule has 6 nitrogen and oxygen atoms in total. The number of methoxy groups -OCH3 is 2. The van der Waals surface area contributed by atoms with Gasteiger partial charge in [-0.25, -0.2) is 4.39 Å². The summed E-state index contributed by atoms with van der Waals surface area (Å²) in [5, 5.41) is 12.3. The van der Waals surface area contributed by atoms with Gasteiger partial charge >= 0.3 is 0 Å². The van der Waals surface area contributed by atoms with Crippen molar-refractivity contribution < 1.29 is 23.4 Å². The fourth-order valence-corrected chi connectivity index (χ4v) is 3.06. The minimum absolute atomic E-state index is 0.0828. The van der Waals surface area contributed by atoms with Gasteiger partial charge < -0.3 is 19.5 Å². The average molecular weight is 446 g/mol. The van der Waals surface area contributed by atoms with E-state index in [-0.39, 0.29) is 18.0 Å². The summed E-state index contributed by atoms with van der Waals surface area (Å²) in [5.74, 6) is 0.536. The summed E-state index contributed by atoms with van der Waals surface area (Å²) < 4.78 is 29.5. The SMILES string of the molecule is COc1ccc(C)cc1NC(=O)/C(C#N)=C/c1ccc(OCc2ccc(F)cc2)c(OC)c1. The molecule has 3 rings (SSSR count). The highest BCUT2D eigenvalue weighted by Gasteiger charge is 2.14. The highest BCUT2D eigenvalue weighted by atomic mass is 19.1. The molecule has 0 saturated carbocycles. The Bertz CT molecular complexity index is 1210. The largest absolute Gasteiger partial charge is 0.495 e. The van der Waals surface area contributed by atoms with Gasteiger partial charge in [-0.1, -0.05) is 24.3 Å². The highest BCUT2D eigenvalue weighted by molar-refractivity contribution is 6.10. The number of carbonyl (C=O) groups excluding carboxylic acids is 1. The van der Waals surface area contributed by atoms with Gasteiger partial charge in [-0.2, -0.15) is 5.26 Å². The molecular weight excluding hydrogens is 423 g/mol. The summed E-state index contributed by atoms with van der Waals surface area (Å²) in [6, 6.07) is 18.4. The maximum absolute atomic E-state index is 13.1. The topological polar surface area (TPSA) is 80.6 Å². The maximum Gasteiger partial charge on any atom is 0.266 e. The third kappa shape index (κ3) is 6.11. The van der Waals surface area contributed by atoms with Crippen LogP contribution in [0.3, 0.4) is 0 Å². The van der Waals surface area contributed by atoms with Crippen LogP contribution in [0.4, 0.5) is 10.1 Å². The summed E-state index contributed by atoms with van der Waals surface area (Å²) >= 11 is 0. The normalized spacial score (nSPS) is 10.8. The zero-order valence-electron chi connectivity index (χ0n) is 18.5. The van der Waals surface area contributed by atoms with Crippen LogP contribution in [0.5, 0.6) is 17.2 Å². The molecule has 0 aliphatic heterocycles. The predicted octanol–water partition coefficient (Wildman–Crippen LogP) is 5.28. The molecule has 0 unspecified atom stereocenters. The molecule has 0 fully saturated rings. The number of benzene rings is 3. The molecule has 0 atom stereocenters. The number of nitrogens with one attached hydrogen (secondary N) is 1. The van der Waals surface area contributed by atoms with E-state index >= 15 is 0 Å². The minimum atomic E-state index is -0.558. The van der Waals surface area contributed by atoms with Crippen molar-refractivity contribution in [3.8, 4) is 23.3 Å². The molecule has 0 radical (unpaired) electrons. The van der Waals surface area contributed by atoms with Gasteiger partial charge in [-0.05, 0) is 66.1 Å². The first kappa shape index (κ1) is 23.4. The van der Waals surface area contributed by atoms with Crippen molar-refractivity contribution in [1.29, 1.82) is 5.26 Å². The van der Waals surface area contributed by atoms with Crippen LogP contribution >= 0.6 is 0 Å². The summed E-state index contributed by atoms with van der Waals surface area (Å²) in [5.41, 5.74) is 2.72. The predicted molar refractivity (Wildman–Crippen MR) is 124 cm³/mol. The second kappa shape index (κ2) is 10.8. The number of nitrogens with zero attached hydrogens (tertiary/aromatic N) is 1. The van der Waals surface area contributed by atoms with Crippen molar-refractivity contribution in [1.82, 2.24) is 0 Å². The van der Waals surface area contributed by atoms with Gasteiger partial charge in [0.2, 0.25) is 0 Å². The first-order chi connectivity index (χ1) is 15.9. The molecule has 1 N–H and O–H groups in total. The fraction of sp³-hybridized carbons (Fsp3) is 0.154. The maximum atomic E-state index is 13.1. The molecule has 33 heavy (non-hydrogen) atoms. The fourth-order valence-electron chi connectivity index (χ4n) is 3.06. The summed E-state index contributed by atoms with van der Waals surface area (Å²) in [4.78, 5) is 12.7. The van der Waals surface area contributed by atoms with Crippen molar-refractivity contribution in [3.05, 3.63) is 88.7 Å². The molecule has 3 aromatic rings. The Balaban J connectivity index is 1.77. The van der Waals surface area contributed by atoms with Gasteiger partial charge in [0.15, 0.2) is 11.5 Å². The van der Waals surface area contributed by atoms with Crippen molar-refractivity contribution in [3.63, 3.8) is 0 Å². The van der Waals surface area contributed by atoms with Crippen molar-refractivity contribution in [2.45, 2.75) is 13.5 Å². The molecule has 1 amide bonds. The van der Waals surface area contributed by atoms with Gasteiger partial charge in [-0.15, -0.1) is 0 Å². The van der Waals surface area contributed by atoms with E-state index in [1.807, 2.05) is 19.1 Å². The number of nitriles is 1. The van der Waals surface area contributed by atoms with E-state index in [1.54, 1.807) is 42.5 Å². The monoisotopic (exact) mass is 446 g/mol. The van der Waals surface area contributed by atoms with Gasteiger partial charge in [-0.3, -0.25) is 4.79 Å². The van der Waals surface area contributed by atoms with E-state index in [4.69, 9.17) is 14.2 Å². The lowest BCUT2D eigenvalue weighted by molar-refractivity contribution is -0.112.